The lowest BCUT2D eigenvalue weighted by Crippen LogP contribution is -2.42. The second kappa shape index (κ2) is 5.95. The fraction of sp³-hybridized carbons (Fsp3) is 0.818. The molecular weight excluding hydrogens is 225 g/mol. The summed E-state index contributed by atoms with van der Waals surface area (Å²) in [6, 6.07) is -0.487. The molecule has 6 heteroatoms. The van der Waals surface area contributed by atoms with E-state index in [1.165, 1.54) is 0 Å². The van der Waals surface area contributed by atoms with E-state index in [4.69, 9.17) is 5.73 Å². The first-order valence-electron chi connectivity index (χ1n) is 5.87. The van der Waals surface area contributed by atoms with Crippen LogP contribution in [-0.2, 0) is 9.59 Å². The van der Waals surface area contributed by atoms with E-state index in [1.807, 2.05) is 13.8 Å². The van der Waals surface area contributed by atoms with Gasteiger partial charge in [0.05, 0.1) is 6.04 Å². The molecule has 0 bridgehead atoms. The summed E-state index contributed by atoms with van der Waals surface area (Å²) in [5.41, 5.74) is 5.19. The van der Waals surface area contributed by atoms with E-state index in [1.54, 1.807) is 4.90 Å². The van der Waals surface area contributed by atoms with Gasteiger partial charge in [-0.2, -0.15) is 0 Å². The normalized spacial score (nSPS) is 25.2. The number of nitrogens with zero attached hydrogens (tertiary/aromatic N) is 1. The van der Waals surface area contributed by atoms with Crippen molar-refractivity contribution in [1.29, 1.82) is 0 Å². The molecule has 0 unspecified atom stereocenters. The number of nitrogens with two attached hydrogens (primary N) is 1. The van der Waals surface area contributed by atoms with Crippen molar-refractivity contribution in [3.05, 3.63) is 0 Å². The number of primary amides is 1. The Balaban J connectivity index is 2.40. The predicted molar refractivity (Wildman–Crippen MR) is 62.0 cm³/mol. The van der Waals surface area contributed by atoms with Gasteiger partial charge >= 0.3 is 0 Å². The van der Waals surface area contributed by atoms with Crippen LogP contribution in [0.4, 0.5) is 4.39 Å². The molecule has 1 heterocycles. The Kier molecular flexibility index (Phi) is 4.86. The van der Waals surface area contributed by atoms with Crippen LogP contribution < -0.4 is 11.1 Å². The number of halogens is 1. The highest BCUT2D eigenvalue weighted by molar-refractivity contribution is 5.80. The van der Waals surface area contributed by atoms with E-state index in [0.29, 0.717) is 6.54 Å². The summed E-state index contributed by atoms with van der Waals surface area (Å²) in [7, 11) is 0. The number of hydrogen-bond acceptors (Lipinski definition) is 3. The molecule has 17 heavy (non-hydrogen) atoms. The Morgan fingerprint density at radius 1 is 1.53 bits per heavy atom. The standard InChI is InChI=1S/C11H20FN3O2/c1-7(2)14-10(16)3-4-15-6-8(12)5-9(15)11(13)17/h7-9H,3-6H2,1-2H3,(H2,13,17)(H,14,16)/t8-,9+/m1/s1. The van der Waals surface area contributed by atoms with E-state index in [-0.39, 0.29) is 31.3 Å². The van der Waals surface area contributed by atoms with E-state index in [9.17, 15) is 14.0 Å². The third kappa shape index (κ3) is 4.30. The molecule has 0 aromatic heterocycles. The zero-order chi connectivity index (χ0) is 13.0. The van der Waals surface area contributed by atoms with Crippen LogP contribution in [0.1, 0.15) is 26.7 Å². The van der Waals surface area contributed by atoms with E-state index in [2.05, 4.69) is 5.32 Å². The molecule has 5 nitrogen and oxygen atoms in total. The molecule has 98 valence electrons. The summed E-state index contributed by atoms with van der Waals surface area (Å²) in [6.45, 7) is 4.30. The van der Waals surface area contributed by atoms with Gasteiger partial charge in [-0.25, -0.2) is 4.39 Å². The van der Waals surface area contributed by atoms with E-state index >= 15 is 0 Å². The van der Waals surface area contributed by atoms with Crippen LogP contribution in [-0.4, -0.2) is 48.1 Å². The molecule has 0 aromatic rings. The van der Waals surface area contributed by atoms with Crippen LogP contribution >= 0.6 is 0 Å². The maximum absolute atomic E-state index is 13.2. The first-order valence-corrected chi connectivity index (χ1v) is 5.87. The van der Waals surface area contributed by atoms with Crippen molar-refractivity contribution in [1.82, 2.24) is 10.2 Å². The molecule has 0 radical (unpaired) electrons. The van der Waals surface area contributed by atoms with Gasteiger partial charge in [0, 0.05) is 32.0 Å². The van der Waals surface area contributed by atoms with Crippen molar-refractivity contribution in [2.75, 3.05) is 13.1 Å². The second-order valence-corrected chi connectivity index (χ2v) is 4.72. The Morgan fingerprint density at radius 3 is 2.71 bits per heavy atom. The molecule has 2 atom stereocenters. The summed E-state index contributed by atoms with van der Waals surface area (Å²) in [4.78, 5) is 24.2. The Bertz CT molecular complexity index is 296. The van der Waals surface area contributed by atoms with Crippen LogP contribution in [0.25, 0.3) is 0 Å². The average Bonchev–Trinajstić information content (AvgIpc) is 2.55. The highest BCUT2D eigenvalue weighted by Gasteiger charge is 2.35. The molecule has 0 saturated carbocycles. The number of alkyl halides is 1. The minimum atomic E-state index is -1.03. The first-order chi connectivity index (χ1) is 7.90. The number of carbonyl (C=O) groups is 2. The number of nitrogens with one attached hydrogen (secondary N) is 1. The van der Waals surface area contributed by atoms with E-state index in [0.717, 1.165) is 0 Å². The maximum Gasteiger partial charge on any atom is 0.234 e. The van der Waals surface area contributed by atoms with Crippen LogP contribution in [0, 0.1) is 0 Å². The lowest BCUT2D eigenvalue weighted by atomic mass is 10.2. The molecule has 0 aliphatic carbocycles. The van der Waals surface area contributed by atoms with Gasteiger partial charge < -0.3 is 11.1 Å². The predicted octanol–water partition coefficient (Wildman–Crippen LogP) is -0.201. The van der Waals surface area contributed by atoms with Crippen LogP contribution in [0.2, 0.25) is 0 Å². The summed E-state index contributed by atoms with van der Waals surface area (Å²) in [5.74, 6) is -0.611. The smallest absolute Gasteiger partial charge is 0.234 e. The van der Waals surface area contributed by atoms with E-state index < -0.39 is 18.1 Å². The molecule has 1 aliphatic heterocycles. The Hall–Kier alpha value is -1.17. The van der Waals surface area contributed by atoms with Gasteiger partial charge in [-0.05, 0) is 13.8 Å². The highest BCUT2D eigenvalue weighted by Crippen LogP contribution is 2.20. The second-order valence-electron chi connectivity index (χ2n) is 4.72. The number of hydrogen-bond donors (Lipinski definition) is 2. The minimum Gasteiger partial charge on any atom is -0.368 e. The fourth-order valence-corrected chi connectivity index (χ4v) is 2.03. The molecule has 0 aromatic carbocycles. The monoisotopic (exact) mass is 245 g/mol. The van der Waals surface area contributed by atoms with Crippen molar-refractivity contribution in [3.8, 4) is 0 Å². The van der Waals surface area contributed by atoms with Crippen molar-refractivity contribution in [3.63, 3.8) is 0 Å². The molecular formula is C11H20FN3O2. The molecule has 1 fully saturated rings. The first kappa shape index (κ1) is 13.9. The zero-order valence-electron chi connectivity index (χ0n) is 10.3. The van der Waals surface area contributed by atoms with Crippen molar-refractivity contribution >= 4 is 11.8 Å². The minimum absolute atomic E-state index is 0.0851. The molecule has 0 spiro atoms. The van der Waals surface area contributed by atoms with Gasteiger partial charge in [0.15, 0.2) is 0 Å². The summed E-state index contributed by atoms with van der Waals surface area (Å²) in [6.07, 6.45) is -0.629. The largest absolute Gasteiger partial charge is 0.368 e. The third-order valence-electron chi connectivity index (χ3n) is 2.76. The van der Waals surface area contributed by atoms with Crippen molar-refractivity contribution in [2.45, 2.75) is 44.9 Å². The lowest BCUT2D eigenvalue weighted by molar-refractivity contribution is -0.125. The topological polar surface area (TPSA) is 75.4 Å². The van der Waals surface area contributed by atoms with Crippen molar-refractivity contribution < 1.29 is 14.0 Å². The average molecular weight is 245 g/mol. The number of amides is 2. The molecule has 3 N–H and O–H groups in total. The quantitative estimate of drug-likeness (QED) is 0.704. The van der Waals surface area contributed by atoms with Gasteiger partial charge in [0.25, 0.3) is 0 Å². The molecule has 1 saturated heterocycles. The maximum atomic E-state index is 13.2. The summed E-state index contributed by atoms with van der Waals surface area (Å²) in [5, 5.41) is 2.75. The number of rotatable bonds is 5. The molecule has 1 rings (SSSR count). The number of likely N-dealkylation sites (tertiary alicyclic amines) is 1. The highest BCUT2D eigenvalue weighted by atomic mass is 19.1. The van der Waals surface area contributed by atoms with Crippen molar-refractivity contribution in [2.24, 2.45) is 5.73 Å². The SMILES string of the molecule is CC(C)NC(=O)CCN1C[C@H](F)C[C@H]1C(N)=O. The van der Waals surface area contributed by atoms with Gasteiger partial charge in [0.2, 0.25) is 11.8 Å². The van der Waals surface area contributed by atoms with Crippen LogP contribution in [0.5, 0.6) is 0 Å². The third-order valence-corrected chi connectivity index (χ3v) is 2.76. The Labute approximate surface area is 101 Å². The van der Waals surface area contributed by atoms with Gasteiger partial charge in [0.1, 0.15) is 6.17 Å². The van der Waals surface area contributed by atoms with Crippen LogP contribution in [0.15, 0.2) is 0 Å². The summed E-state index contributed by atoms with van der Waals surface area (Å²) < 4.78 is 13.2. The zero-order valence-corrected chi connectivity index (χ0v) is 10.3. The van der Waals surface area contributed by atoms with Crippen LogP contribution in [0.3, 0.4) is 0 Å². The fourth-order valence-electron chi connectivity index (χ4n) is 2.03. The molecule has 1 aliphatic rings. The number of carbonyl (C=O) groups excluding carboxylic acids is 2. The van der Waals surface area contributed by atoms with Gasteiger partial charge in [-0.1, -0.05) is 0 Å². The summed E-state index contributed by atoms with van der Waals surface area (Å²) >= 11 is 0. The van der Waals surface area contributed by atoms with Gasteiger partial charge in [-0.15, -0.1) is 0 Å². The molecule has 2 amide bonds. The van der Waals surface area contributed by atoms with Gasteiger partial charge in [-0.3, -0.25) is 14.5 Å². The lowest BCUT2D eigenvalue weighted by Gasteiger charge is -2.21. The Morgan fingerprint density at radius 2 is 2.18 bits per heavy atom.